The molecule has 3 amide bonds. The number of nitrogens with zero attached hydrogens (tertiary/aromatic N) is 1. The molecule has 7 heteroatoms. The van der Waals surface area contributed by atoms with Crippen LogP contribution in [0.25, 0.3) is 5.69 Å². The van der Waals surface area contributed by atoms with Gasteiger partial charge in [0.15, 0.2) is 0 Å². The van der Waals surface area contributed by atoms with Crippen molar-refractivity contribution in [2.24, 2.45) is 5.73 Å². The van der Waals surface area contributed by atoms with Gasteiger partial charge in [0.05, 0.1) is 6.54 Å². The first kappa shape index (κ1) is 19.9. The zero-order chi connectivity index (χ0) is 21.0. The summed E-state index contributed by atoms with van der Waals surface area (Å²) < 4.78 is 2.11. The first-order valence-corrected chi connectivity index (χ1v) is 9.08. The first-order chi connectivity index (χ1) is 13.8. The number of rotatable bonds is 6. The lowest BCUT2D eigenvalue weighted by molar-refractivity contribution is -0.117. The molecule has 0 saturated carbocycles. The van der Waals surface area contributed by atoms with E-state index in [1.807, 2.05) is 38.1 Å². The molecule has 2 aromatic carbocycles. The third-order valence-electron chi connectivity index (χ3n) is 4.46. The number of anilines is 1. The van der Waals surface area contributed by atoms with E-state index in [1.165, 1.54) is 6.07 Å². The molecule has 148 valence electrons. The highest BCUT2D eigenvalue weighted by Gasteiger charge is 2.11. The fourth-order valence-electron chi connectivity index (χ4n) is 3.05. The summed E-state index contributed by atoms with van der Waals surface area (Å²) in [4.78, 5) is 35.4. The summed E-state index contributed by atoms with van der Waals surface area (Å²) in [6.07, 6.45) is 0. The number of nitrogens with one attached hydrogen (secondary N) is 2. The van der Waals surface area contributed by atoms with Crippen molar-refractivity contribution in [1.82, 2.24) is 9.88 Å². The minimum atomic E-state index is -0.628. The minimum Gasteiger partial charge on any atom is -0.368 e. The molecule has 0 aliphatic heterocycles. The first-order valence-electron chi connectivity index (χ1n) is 9.08. The second kappa shape index (κ2) is 8.43. The fourth-order valence-corrected chi connectivity index (χ4v) is 3.05. The Kier molecular flexibility index (Phi) is 5.78. The molecule has 1 aromatic heterocycles. The number of primary amides is 1. The van der Waals surface area contributed by atoms with Crippen molar-refractivity contribution in [1.29, 1.82) is 0 Å². The van der Waals surface area contributed by atoms with E-state index in [9.17, 15) is 14.4 Å². The molecule has 29 heavy (non-hydrogen) atoms. The topological polar surface area (TPSA) is 106 Å². The molecule has 3 aromatic rings. The van der Waals surface area contributed by atoms with Crippen molar-refractivity contribution in [2.75, 3.05) is 11.9 Å². The highest BCUT2D eigenvalue weighted by molar-refractivity contribution is 6.05. The van der Waals surface area contributed by atoms with E-state index in [4.69, 9.17) is 5.73 Å². The largest absolute Gasteiger partial charge is 0.368 e. The molecule has 0 aliphatic carbocycles. The number of carbonyl (C=O) groups is 3. The van der Waals surface area contributed by atoms with Crippen LogP contribution in [0.4, 0.5) is 5.69 Å². The molecule has 7 nitrogen and oxygen atoms in total. The fraction of sp³-hybridized carbons (Fsp3) is 0.136. The van der Waals surface area contributed by atoms with Crippen molar-refractivity contribution < 1.29 is 14.4 Å². The van der Waals surface area contributed by atoms with Crippen LogP contribution < -0.4 is 16.4 Å². The lowest BCUT2D eigenvalue weighted by Gasteiger charge is -2.11. The van der Waals surface area contributed by atoms with E-state index in [1.54, 1.807) is 30.3 Å². The minimum absolute atomic E-state index is 0.248. The molecule has 0 bridgehead atoms. The Balaban J connectivity index is 1.71. The number of nitrogens with two attached hydrogens (primary N) is 1. The summed E-state index contributed by atoms with van der Waals surface area (Å²) >= 11 is 0. The van der Waals surface area contributed by atoms with Crippen molar-refractivity contribution in [3.8, 4) is 5.69 Å². The van der Waals surface area contributed by atoms with Gasteiger partial charge in [-0.1, -0.05) is 6.07 Å². The number of benzene rings is 2. The predicted molar refractivity (Wildman–Crippen MR) is 111 cm³/mol. The van der Waals surface area contributed by atoms with E-state index in [0.29, 0.717) is 16.8 Å². The van der Waals surface area contributed by atoms with Crippen molar-refractivity contribution in [2.45, 2.75) is 13.8 Å². The number of hydrogen-bond donors (Lipinski definition) is 3. The van der Waals surface area contributed by atoms with Crippen LogP contribution in [0.3, 0.4) is 0 Å². The third-order valence-corrected chi connectivity index (χ3v) is 4.46. The second-order valence-electron chi connectivity index (χ2n) is 6.68. The molecule has 0 saturated heterocycles. The molecule has 0 aliphatic rings. The maximum absolute atomic E-state index is 12.6. The summed E-state index contributed by atoms with van der Waals surface area (Å²) in [7, 11) is 0. The van der Waals surface area contributed by atoms with Crippen LogP contribution in [-0.2, 0) is 4.79 Å². The second-order valence-corrected chi connectivity index (χ2v) is 6.68. The standard InChI is InChI=1S/C22H22N4O3/c1-14-6-7-15(2)26(14)19-10-8-16(9-11-19)22(29)25-18-5-3-4-17(12-18)21(28)24-13-20(23)27/h3-12H,13H2,1-2H3,(H2,23,27)(H,24,28)(H,25,29). The molecule has 0 radical (unpaired) electrons. The molecule has 0 atom stereocenters. The Labute approximate surface area is 168 Å². The van der Waals surface area contributed by atoms with E-state index in [-0.39, 0.29) is 12.5 Å². The SMILES string of the molecule is Cc1ccc(C)n1-c1ccc(C(=O)Nc2cccc(C(=O)NCC(N)=O)c2)cc1. The van der Waals surface area contributed by atoms with Gasteiger partial charge >= 0.3 is 0 Å². The third kappa shape index (κ3) is 4.70. The van der Waals surface area contributed by atoms with Crippen molar-refractivity contribution in [3.05, 3.63) is 83.2 Å². The molecule has 1 heterocycles. The van der Waals surface area contributed by atoms with E-state index in [2.05, 4.69) is 15.2 Å². The van der Waals surface area contributed by atoms with E-state index < -0.39 is 11.8 Å². The van der Waals surface area contributed by atoms with Gasteiger partial charge in [-0.2, -0.15) is 0 Å². The van der Waals surface area contributed by atoms with Gasteiger partial charge in [0.2, 0.25) is 5.91 Å². The van der Waals surface area contributed by atoms with Gasteiger partial charge in [-0.3, -0.25) is 14.4 Å². The zero-order valence-corrected chi connectivity index (χ0v) is 16.2. The summed E-state index contributed by atoms with van der Waals surface area (Å²) in [6.45, 7) is 3.81. The van der Waals surface area contributed by atoms with Crippen molar-refractivity contribution in [3.63, 3.8) is 0 Å². The lowest BCUT2D eigenvalue weighted by atomic mass is 10.1. The molecule has 3 rings (SSSR count). The van der Waals surface area contributed by atoms with Crippen LogP contribution in [0.2, 0.25) is 0 Å². The summed E-state index contributed by atoms with van der Waals surface area (Å²) in [5.41, 5.74) is 9.53. The normalized spacial score (nSPS) is 10.4. The molecule has 0 spiro atoms. The summed E-state index contributed by atoms with van der Waals surface area (Å²) in [5.74, 6) is -1.36. The summed E-state index contributed by atoms with van der Waals surface area (Å²) in [6, 6.07) is 17.8. The monoisotopic (exact) mass is 390 g/mol. The van der Waals surface area contributed by atoms with Gasteiger partial charge < -0.3 is 20.9 Å². The van der Waals surface area contributed by atoms with Gasteiger partial charge in [-0.25, -0.2) is 0 Å². The molecular weight excluding hydrogens is 368 g/mol. The van der Waals surface area contributed by atoms with Crippen LogP contribution in [0, 0.1) is 13.8 Å². The smallest absolute Gasteiger partial charge is 0.255 e. The van der Waals surface area contributed by atoms with Gasteiger partial charge in [0.25, 0.3) is 11.8 Å². The molecule has 4 N–H and O–H groups in total. The maximum Gasteiger partial charge on any atom is 0.255 e. The van der Waals surface area contributed by atoms with Crippen LogP contribution in [-0.4, -0.2) is 28.8 Å². The zero-order valence-electron chi connectivity index (χ0n) is 16.2. The Hall–Kier alpha value is -3.87. The molecule has 0 unspecified atom stereocenters. The van der Waals surface area contributed by atoms with E-state index in [0.717, 1.165) is 17.1 Å². The van der Waals surface area contributed by atoms with E-state index >= 15 is 0 Å². The van der Waals surface area contributed by atoms with Crippen LogP contribution >= 0.6 is 0 Å². The van der Waals surface area contributed by atoms with Gasteiger partial charge in [-0.05, 0) is 68.4 Å². The van der Waals surface area contributed by atoms with Gasteiger partial charge in [0.1, 0.15) is 0 Å². The number of hydrogen-bond acceptors (Lipinski definition) is 3. The molecule has 0 fully saturated rings. The number of carbonyl (C=O) groups excluding carboxylic acids is 3. The Morgan fingerprint density at radius 3 is 2.14 bits per heavy atom. The average molecular weight is 390 g/mol. The number of amides is 3. The lowest BCUT2D eigenvalue weighted by Crippen LogP contribution is -2.33. The highest BCUT2D eigenvalue weighted by Crippen LogP contribution is 2.18. The molecular formula is C22H22N4O3. The van der Waals surface area contributed by atoms with Gasteiger partial charge in [-0.15, -0.1) is 0 Å². The number of aryl methyl sites for hydroxylation is 2. The highest BCUT2D eigenvalue weighted by atomic mass is 16.2. The van der Waals surface area contributed by atoms with Crippen molar-refractivity contribution >= 4 is 23.4 Å². The number of aromatic nitrogens is 1. The Morgan fingerprint density at radius 1 is 0.862 bits per heavy atom. The van der Waals surface area contributed by atoms with Crippen LogP contribution in [0.15, 0.2) is 60.7 Å². The maximum atomic E-state index is 12.6. The predicted octanol–water partition coefficient (Wildman–Crippen LogP) is 2.56. The average Bonchev–Trinajstić information content (AvgIpc) is 3.04. The van der Waals surface area contributed by atoms with Gasteiger partial charge in [0, 0.05) is 33.9 Å². The van der Waals surface area contributed by atoms with Crippen LogP contribution in [0.5, 0.6) is 0 Å². The Morgan fingerprint density at radius 2 is 1.52 bits per heavy atom. The summed E-state index contributed by atoms with van der Waals surface area (Å²) in [5, 5.41) is 5.19. The quantitative estimate of drug-likeness (QED) is 0.602. The Bertz CT molecular complexity index is 1050. The van der Waals surface area contributed by atoms with Crippen LogP contribution in [0.1, 0.15) is 32.1 Å².